The first-order valence-corrected chi connectivity index (χ1v) is 7.68. The first kappa shape index (κ1) is 16.4. The van der Waals surface area contributed by atoms with Crippen LogP contribution in [0.5, 0.6) is 0 Å². The predicted molar refractivity (Wildman–Crippen MR) is 79.1 cm³/mol. The van der Waals surface area contributed by atoms with Crippen LogP contribution < -0.4 is 5.73 Å². The van der Waals surface area contributed by atoms with Crippen molar-refractivity contribution in [1.82, 2.24) is 4.31 Å². The van der Waals surface area contributed by atoms with Crippen LogP contribution in [0.25, 0.3) is 0 Å². The minimum absolute atomic E-state index is 0. The number of hydrogen-bond donors (Lipinski definition) is 1. The summed E-state index contributed by atoms with van der Waals surface area (Å²) in [7, 11) is -3.39. The van der Waals surface area contributed by atoms with Gasteiger partial charge in [-0.1, -0.05) is 17.7 Å². The Balaban J connectivity index is 0.00000180. The van der Waals surface area contributed by atoms with E-state index in [1.807, 2.05) is 26.0 Å². The van der Waals surface area contributed by atoms with E-state index >= 15 is 0 Å². The molecule has 0 aliphatic carbocycles. The summed E-state index contributed by atoms with van der Waals surface area (Å²) in [5.74, 6) is 0. The molecule has 1 saturated heterocycles. The summed E-state index contributed by atoms with van der Waals surface area (Å²) < 4.78 is 26.6. The smallest absolute Gasteiger partial charge is 0.243 e. The average molecular weight is 305 g/mol. The minimum atomic E-state index is -3.39. The fraction of sp³-hybridized carbons (Fsp3) is 0.538. The van der Waals surface area contributed by atoms with Crippen LogP contribution >= 0.6 is 12.4 Å². The molecule has 1 aliphatic heterocycles. The zero-order chi connectivity index (χ0) is 13.3. The molecule has 0 amide bonds. The van der Waals surface area contributed by atoms with Crippen molar-refractivity contribution in [2.24, 2.45) is 5.73 Å². The summed E-state index contributed by atoms with van der Waals surface area (Å²) in [6.45, 7) is 4.79. The van der Waals surface area contributed by atoms with Gasteiger partial charge in [0.25, 0.3) is 0 Å². The van der Waals surface area contributed by atoms with E-state index in [0.717, 1.165) is 24.0 Å². The maximum absolute atomic E-state index is 12.5. The number of hydrogen-bond acceptors (Lipinski definition) is 3. The topological polar surface area (TPSA) is 63.4 Å². The van der Waals surface area contributed by atoms with E-state index in [1.54, 1.807) is 6.07 Å². The van der Waals surface area contributed by atoms with E-state index in [1.165, 1.54) is 4.31 Å². The van der Waals surface area contributed by atoms with Crippen molar-refractivity contribution >= 4 is 22.4 Å². The van der Waals surface area contributed by atoms with Crippen LogP contribution in [-0.4, -0.2) is 31.9 Å². The third-order valence-electron chi connectivity index (χ3n) is 3.37. The summed E-state index contributed by atoms with van der Waals surface area (Å²) >= 11 is 0. The van der Waals surface area contributed by atoms with Crippen molar-refractivity contribution < 1.29 is 8.42 Å². The van der Waals surface area contributed by atoms with Crippen molar-refractivity contribution in [3.63, 3.8) is 0 Å². The molecular formula is C13H21ClN2O2S. The van der Waals surface area contributed by atoms with E-state index in [4.69, 9.17) is 5.73 Å². The van der Waals surface area contributed by atoms with Gasteiger partial charge in [-0.05, 0) is 38.3 Å². The number of nitrogens with two attached hydrogens (primary N) is 1. The van der Waals surface area contributed by atoms with Crippen molar-refractivity contribution in [3.8, 4) is 0 Å². The second-order valence-electron chi connectivity index (χ2n) is 5.03. The van der Waals surface area contributed by atoms with Gasteiger partial charge >= 0.3 is 0 Å². The van der Waals surface area contributed by atoms with Gasteiger partial charge in [0.05, 0.1) is 4.90 Å². The van der Waals surface area contributed by atoms with Gasteiger partial charge in [0, 0.05) is 19.1 Å². The molecule has 1 unspecified atom stereocenters. The number of benzene rings is 1. The lowest BCUT2D eigenvalue weighted by Crippen LogP contribution is -2.45. The summed E-state index contributed by atoms with van der Waals surface area (Å²) in [6.07, 6.45) is 1.74. The third-order valence-corrected chi connectivity index (χ3v) is 5.39. The van der Waals surface area contributed by atoms with Crippen molar-refractivity contribution in [3.05, 3.63) is 29.3 Å². The van der Waals surface area contributed by atoms with Gasteiger partial charge in [0.1, 0.15) is 0 Å². The minimum Gasteiger partial charge on any atom is -0.327 e. The molecule has 6 heteroatoms. The van der Waals surface area contributed by atoms with Crippen LogP contribution in [0.2, 0.25) is 0 Å². The monoisotopic (exact) mass is 304 g/mol. The Morgan fingerprint density at radius 2 is 2.00 bits per heavy atom. The molecule has 0 saturated carbocycles. The molecule has 108 valence electrons. The van der Waals surface area contributed by atoms with E-state index in [9.17, 15) is 8.42 Å². The normalized spacial score (nSPS) is 20.9. The molecule has 2 rings (SSSR count). The summed E-state index contributed by atoms with van der Waals surface area (Å²) in [6, 6.07) is 5.39. The van der Waals surface area contributed by atoms with Crippen LogP contribution in [0.3, 0.4) is 0 Å². The van der Waals surface area contributed by atoms with Crippen molar-refractivity contribution in [2.45, 2.75) is 37.6 Å². The highest BCUT2D eigenvalue weighted by atomic mass is 35.5. The highest BCUT2D eigenvalue weighted by Crippen LogP contribution is 2.23. The van der Waals surface area contributed by atoms with Crippen LogP contribution in [0.4, 0.5) is 0 Å². The fourth-order valence-electron chi connectivity index (χ4n) is 2.42. The number of sulfonamides is 1. The lowest BCUT2D eigenvalue weighted by atomic mass is 10.1. The maximum atomic E-state index is 12.5. The highest BCUT2D eigenvalue weighted by molar-refractivity contribution is 7.89. The van der Waals surface area contributed by atoms with Gasteiger partial charge in [-0.15, -0.1) is 12.4 Å². The summed E-state index contributed by atoms with van der Waals surface area (Å²) in [5, 5.41) is 0. The number of halogens is 1. The number of piperidine rings is 1. The number of rotatable bonds is 2. The molecule has 1 atom stereocenters. The van der Waals surface area contributed by atoms with Crippen LogP contribution in [0, 0.1) is 13.8 Å². The summed E-state index contributed by atoms with van der Waals surface area (Å²) in [5.41, 5.74) is 7.73. The fourth-order valence-corrected chi connectivity index (χ4v) is 4.16. The zero-order valence-electron chi connectivity index (χ0n) is 11.3. The molecule has 0 aromatic heterocycles. The predicted octanol–water partition coefficient (Wildman–Crippen LogP) is 1.84. The molecule has 0 bridgehead atoms. The van der Waals surface area contributed by atoms with E-state index < -0.39 is 10.0 Å². The summed E-state index contributed by atoms with van der Waals surface area (Å²) in [4.78, 5) is 0.405. The highest BCUT2D eigenvalue weighted by Gasteiger charge is 2.29. The molecule has 1 aromatic carbocycles. The van der Waals surface area contributed by atoms with E-state index in [-0.39, 0.29) is 18.4 Å². The molecule has 1 heterocycles. The van der Waals surface area contributed by atoms with Crippen LogP contribution in [0.1, 0.15) is 24.0 Å². The number of aryl methyl sites for hydroxylation is 2. The van der Waals surface area contributed by atoms with Gasteiger partial charge in [-0.2, -0.15) is 4.31 Å². The Morgan fingerprint density at radius 3 is 2.58 bits per heavy atom. The van der Waals surface area contributed by atoms with Gasteiger partial charge in [0.15, 0.2) is 0 Å². The van der Waals surface area contributed by atoms with Crippen molar-refractivity contribution in [1.29, 1.82) is 0 Å². The van der Waals surface area contributed by atoms with Gasteiger partial charge < -0.3 is 5.73 Å². The van der Waals surface area contributed by atoms with E-state index in [0.29, 0.717) is 18.0 Å². The Labute approximate surface area is 121 Å². The quantitative estimate of drug-likeness (QED) is 0.907. The Morgan fingerprint density at radius 1 is 1.32 bits per heavy atom. The largest absolute Gasteiger partial charge is 0.327 e. The molecule has 0 radical (unpaired) electrons. The average Bonchev–Trinajstić information content (AvgIpc) is 2.28. The van der Waals surface area contributed by atoms with Gasteiger partial charge in [-0.3, -0.25) is 0 Å². The van der Waals surface area contributed by atoms with Gasteiger partial charge in [0.2, 0.25) is 10.0 Å². The SMILES string of the molecule is Cc1ccc(S(=O)(=O)N2CCCC(N)C2)c(C)c1.Cl. The lowest BCUT2D eigenvalue weighted by molar-refractivity contribution is 0.316. The Hall–Kier alpha value is -0.620. The standard InChI is InChI=1S/C13H20N2O2S.ClH/c1-10-5-6-13(11(2)8-10)18(16,17)15-7-3-4-12(14)9-15;/h5-6,8,12H,3-4,7,9,14H2,1-2H3;1H. The molecule has 1 aliphatic rings. The molecule has 19 heavy (non-hydrogen) atoms. The molecule has 1 aromatic rings. The lowest BCUT2D eigenvalue weighted by Gasteiger charge is -2.30. The molecule has 0 spiro atoms. The first-order valence-electron chi connectivity index (χ1n) is 6.24. The zero-order valence-corrected chi connectivity index (χ0v) is 12.9. The Bertz CT molecular complexity index is 546. The Kier molecular flexibility index (Phi) is 5.38. The van der Waals surface area contributed by atoms with Crippen molar-refractivity contribution in [2.75, 3.05) is 13.1 Å². The molecular weight excluding hydrogens is 284 g/mol. The van der Waals surface area contributed by atoms with E-state index in [2.05, 4.69) is 0 Å². The molecule has 4 nitrogen and oxygen atoms in total. The first-order chi connectivity index (χ1) is 8.41. The molecule has 1 fully saturated rings. The maximum Gasteiger partial charge on any atom is 0.243 e. The molecule has 2 N–H and O–H groups in total. The van der Waals surface area contributed by atoms with Crippen LogP contribution in [-0.2, 0) is 10.0 Å². The second-order valence-corrected chi connectivity index (χ2v) is 6.94. The van der Waals surface area contributed by atoms with Gasteiger partial charge in [-0.25, -0.2) is 8.42 Å². The van der Waals surface area contributed by atoms with Crippen LogP contribution in [0.15, 0.2) is 23.1 Å². The number of nitrogens with zero attached hydrogens (tertiary/aromatic N) is 1. The second kappa shape index (κ2) is 6.22. The third kappa shape index (κ3) is 3.48.